The molecule has 2 aliphatic heterocycles. The molecule has 2 fully saturated rings. The highest BCUT2D eigenvalue weighted by atomic mass is 32.2. The third-order valence-corrected chi connectivity index (χ3v) is 5.24. The highest BCUT2D eigenvalue weighted by Crippen LogP contribution is 2.17. The first-order chi connectivity index (χ1) is 9.52. The molecule has 7 nitrogen and oxygen atoms in total. The van der Waals surface area contributed by atoms with Gasteiger partial charge < -0.3 is 14.6 Å². The van der Waals surface area contributed by atoms with Gasteiger partial charge in [0.25, 0.3) is 0 Å². The molecular weight excluding hydrogens is 284 g/mol. The van der Waals surface area contributed by atoms with E-state index in [2.05, 4.69) is 9.62 Å². The van der Waals surface area contributed by atoms with E-state index in [9.17, 15) is 13.5 Å². The van der Waals surface area contributed by atoms with Gasteiger partial charge >= 0.3 is 0 Å². The molecule has 0 bridgehead atoms. The van der Waals surface area contributed by atoms with Crippen molar-refractivity contribution in [2.45, 2.75) is 31.6 Å². The Bertz CT molecular complexity index is 397. The van der Waals surface area contributed by atoms with Crippen LogP contribution in [0, 0.1) is 0 Å². The molecule has 0 aromatic heterocycles. The Balaban J connectivity index is 1.83. The molecule has 0 saturated carbocycles. The molecule has 20 heavy (non-hydrogen) atoms. The zero-order valence-electron chi connectivity index (χ0n) is 11.8. The van der Waals surface area contributed by atoms with Crippen molar-refractivity contribution in [1.29, 1.82) is 0 Å². The van der Waals surface area contributed by atoms with Crippen LogP contribution in [0.3, 0.4) is 0 Å². The van der Waals surface area contributed by atoms with E-state index < -0.39 is 22.2 Å². The van der Waals surface area contributed by atoms with Crippen LogP contribution < -0.4 is 4.72 Å². The predicted octanol–water partition coefficient (Wildman–Crippen LogP) is -1.22. The maximum absolute atomic E-state index is 11.7. The minimum absolute atomic E-state index is 0.0738. The highest BCUT2D eigenvalue weighted by molar-refractivity contribution is 7.89. The van der Waals surface area contributed by atoms with Crippen molar-refractivity contribution in [1.82, 2.24) is 9.62 Å². The first-order valence-electron chi connectivity index (χ1n) is 7.11. The Morgan fingerprint density at radius 1 is 1.35 bits per heavy atom. The summed E-state index contributed by atoms with van der Waals surface area (Å²) in [6.07, 6.45) is -0.595. The number of rotatable bonds is 6. The summed E-state index contributed by atoms with van der Waals surface area (Å²) in [5.74, 6) is 0.0738. The van der Waals surface area contributed by atoms with Gasteiger partial charge in [-0.1, -0.05) is 6.92 Å². The topological polar surface area (TPSA) is 88.1 Å². The molecule has 0 aliphatic carbocycles. The lowest BCUT2D eigenvalue weighted by Crippen LogP contribution is -2.48. The van der Waals surface area contributed by atoms with Gasteiger partial charge in [0.1, 0.15) is 0 Å². The average molecular weight is 308 g/mol. The summed E-state index contributed by atoms with van der Waals surface area (Å²) in [4.78, 5) is 2.17. The molecule has 8 heteroatoms. The largest absolute Gasteiger partial charge is 0.389 e. The monoisotopic (exact) mass is 308 g/mol. The van der Waals surface area contributed by atoms with Crippen molar-refractivity contribution in [2.75, 3.05) is 45.2 Å². The summed E-state index contributed by atoms with van der Waals surface area (Å²) in [6.45, 7) is 5.65. The van der Waals surface area contributed by atoms with Gasteiger partial charge in [-0.2, -0.15) is 0 Å². The Hall–Kier alpha value is -0.250. The number of nitrogens with one attached hydrogen (secondary N) is 1. The first kappa shape index (κ1) is 16.1. The van der Waals surface area contributed by atoms with Crippen LogP contribution >= 0.6 is 0 Å². The minimum Gasteiger partial charge on any atom is -0.389 e. The van der Waals surface area contributed by atoms with Gasteiger partial charge in [-0.3, -0.25) is 4.90 Å². The molecule has 2 saturated heterocycles. The fraction of sp³-hybridized carbons (Fsp3) is 1.00. The third kappa shape index (κ3) is 4.37. The summed E-state index contributed by atoms with van der Waals surface area (Å²) in [5.41, 5.74) is 0. The van der Waals surface area contributed by atoms with Crippen LogP contribution in [-0.4, -0.2) is 81.9 Å². The van der Waals surface area contributed by atoms with Gasteiger partial charge in [0.05, 0.1) is 43.8 Å². The number of hydrogen-bond acceptors (Lipinski definition) is 6. The zero-order chi connectivity index (χ0) is 14.6. The second kappa shape index (κ2) is 7.15. The first-order valence-corrected chi connectivity index (χ1v) is 8.77. The quantitative estimate of drug-likeness (QED) is 0.639. The maximum Gasteiger partial charge on any atom is 0.212 e. The van der Waals surface area contributed by atoms with E-state index in [0.717, 1.165) is 13.1 Å². The smallest absolute Gasteiger partial charge is 0.212 e. The number of sulfonamides is 1. The van der Waals surface area contributed by atoms with Gasteiger partial charge in [0.2, 0.25) is 10.0 Å². The van der Waals surface area contributed by atoms with Gasteiger partial charge in [-0.15, -0.1) is 0 Å². The third-order valence-electron chi connectivity index (χ3n) is 3.63. The van der Waals surface area contributed by atoms with Crippen molar-refractivity contribution in [3.8, 4) is 0 Å². The second-order valence-corrected chi connectivity index (χ2v) is 7.19. The zero-order valence-corrected chi connectivity index (χ0v) is 12.6. The van der Waals surface area contributed by atoms with E-state index in [1.807, 2.05) is 6.92 Å². The molecule has 0 aromatic rings. The number of aliphatic hydroxyl groups is 1. The Labute approximate surface area is 120 Å². The summed E-state index contributed by atoms with van der Waals surface area (Å²) >= 11 is 0. The van der Waals surface area contributed by atoms with E-state index in [1.165, 1.54) is 0 Å². The molecule has 2 aliphatic rings. The number of aliphatic hydroxyl groups excluding tert-OH is 1. The van der Waals surface area contributed by atoms with Crippen LogP contribution in [0.5, 0.6) is 0 Å². The van der Waals surface area contributed by atoms with Crippen molar-refractivity contribution >= 4 is 10.0 Å². The van der Waals surface area contributed by atoms with Crippen LogP contribution in [0.25, 0.3) is 0 Å². The normalized spacial score (nSPS) is 32.6. The molecule has 3 atom stereocenters. The summed E-state index contributed by atoms with van der Waals surface area (Å²) in [5, 5.41) is 10.2. The standard InChI is InChI=1S/C12H24N2O5S/c1-2-7-20(16,17)13-10-9-19-11(12(10)15)8-14-3-5-18-6-4-14/h10-13,15H,2-9H2,1H3/t10-,11-,12+/m0/s1. The molecule has 0 spiro atoms. The lowest BCUT2D eigenvalue weighted by atomic mass is 10.1. The van der Waals surface area contributed by atoms with Crippen molar-refractivity contribution in [3.63, 3.8) is 0 Å². The molecule has 0 aromatic carbocycles. The molecule has 0 radical (unpaired) electrons. The van der Waals surface area contributed by atoms with Crippen LogP contribution in [0.4, 0.5) is 0 Å². The highest BCUT2D eigenvalue weighted by Gasteiger charge is 2.38. The van der Waals surface area contributed by atoms with Crippen LogP contribution in [0.15, 0.2) is 0 Å². The van der Waals surface area contributed by atoms with Gasteiger partial charge in [-0.25, -0.2) is 13.1 Å². The number of ether oxygens (including phenoxy) is 2. The maximum atomic E-state index is 11.7. The number of hydrogen-bond donors (Lipinski definition) is 2. The Morgan fingerprint density at radius 2 is 2.05 bits per heavy atom. The fourth-order valence-corrected chi connectivity index (χ4v) is 3.87. The van der Waals surface area contributed by atoms with Gasteiger partial charge in [-0.05, 0) is 6.42 Å². The van der Waals surface area contributed by atoms with Crippen LogP contribution in [0.2, 0.25) is 0 Å². The minimum atomic E-state index is -3.33. The molecular formula is C12H24N2O5S. The van der Waals surface area contributed by atoms with Crippen molar-refractivity contribution < 1.29 is 23.0 Å². The van der Waals surface area contributed by atoms with Gasteiger partial charge in [0, 0.05) is 19.6 Å². The molecule has 0 unspecified atom stereocenters. The molecule has 2 heterocycles. The van der Waals surface area contributed by atoms with E-state index in [0.29, 0.717) is 26.2 Å². The van der Waals surface area contributed by atoms with Crippen molar-refractivity contribution in [2.24, 2.45) is 0 Å². The summed E-state index contributed by atoms with van der Waals surface area (Å²) in [6, 6.07) is -0.544. The van der Waals surface area contributed by atoms with Crippen LogP contribution in [-0.2, 0) is 19.5 Å². The lowest BCUT2D eigenvalue weighted by Gasteiger charge is -2.29. The van der Waals surface area contributed by atoms with E-state index in [4.69, 9.17) is 9.47 Å². The van der Waals surface area contributed by atoms with Crippen LogP contribution in [0.1, 0.15) is 13.3 Å². The second-order valence-electron chi connectivity index (χ2n) is 5.32. The SMILES string of the molecule is CCCS(=O)(=O)N[C@H]1CO[C@@H](CN2CCOCC2)[C@@H]1O. The Kier molecular flexibility index (Phi) is 5.76. The Morgan fingerprint density at radius 3 is 2.70 bits per heavy atom. The van der Waals surface area contributed by atoms with E-state index in [-0.39, 0.29) is 18.5 Å². The van der Waals surface area contributed by atoms with E-state index >= 15 is 0 Å². The predicted molar refractivity (Wildman–Crippen MR) is 74.0 cm³/mol. The number of nitrogens with zero attached hydrogens (tertiary/aromatic N) is 1. The molecule has 2 N–H and O–H groups in total. The summed E-state index contributed by atoms with van der Waals surface area (Å²) in [7, 11) is -3.33. The van der Waals surface area contributed by atoms with E-state index in [1.54, 1.807) is 0 Å². The van der Waals surface area contributed by atoms with Crippen molar-refractivity contribution in [3.05, 3.63) is 0 Å². The van der Waals surface area contributed by atoms with Gasteiger partial charge in [0.15, 0.2) is 0 Å². The molecule has 2 rings (SSSR count). The molecule has 0 amide bonds. The summed E-state index contributed by atoms with van der Waals surface area (Å²) < 4.78 is 36.8. The molecule has 118 valence electrons. The lowest BCUT2D eigenvalue weighted by molar-refractivity contribution is -0.0179. The average Bonchev–Trinajstić information content (AvgIpc) is 2.72. The fourth-order valence-electron chi connectivity index (χ4n) is 2.54. The number of morpholine rings is 1.